The van der Waals surface area contributed by atoms with Crippen LogP contribution >= 0.6 is 0 Å². The third-order valence-corrected chi connectivity index (χ3v) is 4.45. The molecule has 2 aliphatic heterocycles. The Morgan fingerprint density at radius 3 is 2.62 bits per heavy atom. The smallest absolute Gasteiger partial charge is 0.378 e. The van der Waals surface area contributed by atoms with Crippen molar-refractivity contribution in [2.75, 3.05) is 20.3 Å². The van der Waals surface area contributed by atoms with Crippen LogP contribution in [-0.4, -0.2) is 37.2 Å². The molecule has 2 bridgehead atoms. The summed E-state index contributed by atoms with van der Waals surface area (Å²) in [6, 6.07) is 4.54. The van der Waals surface area contributed by atoms with Gasteiger partial charge in [-0.05, 0) is 49.2 Å². The molecule has 5 heteroatoms. The Morgan fingerprint density at radius 2 is 2.00 bits per heavy atom. The lowest BCUT2D eigenvalue weighted by Gasteiger charge is -2.42. The van der Waals surface area contributed by atoms with Crippen molar-refractivity contribution in [1.82, 2.24) is 4.90 Å². The first kappa shape index (κ1) is 14.6. The number of ether oxygens (including phenoxy) is 1. The van der Waals surface area contributed by atoms with Gasteiger partial charge in [0, 0.05) is 6.04 Å². The highest BCUT2D eigenvalue weighted by Gasteiger charge is 2.34. The molecule has 2 atom stereocenters. The monoisotopic (exact) mass is 297 g/mol. The van der Waals surface area contributed by atoms with Gasteiger partial charge in [-0.15, -0.1) is 0 Å². The third kappa shape index (κ3) is 2.72. The molecule has 2 nitrogen and oxygen atoms in total. The van der Waals surface area contributed by atoms with Gasteiger partial charge in [0.1, 0.15) is 0 Å². The fourth-order valence-electron chi connectivity index (χ4n) is 3.15. The summed E-state index contributed by atoms with van der Waals surface area (Å²) in [4.78, 5) is 2.28. The molecule has 0 saturated carbocycles. The number of nitrogens with zero attached hydrogens (tertiary/aromatic N) is 1. The minimum absolute atomic E-state index is 0.217. The zero-order valence-corrected chi connectivity index (χ0v) is 12.1. The van der Waals surface area contributed by atoms with E-state index in [9.17, 15) is 13.2 Å². The number of benzene rings is 1. The maximum Gasteiger partial charge on any atom is 0.416 e. The molecule has 1 fully saturated rings. The van der Waals surface area contributed by atoms with Crippen LogP contribution in [0, 0.1) is 6.92 Å². The van der Waals surface area contributed by atoms with Gasteiger partial charge < -0.3 is 4.74 Å². The van der Waals surface area contributed by atoms with E-state index in [1.54, 1.807) is 13.0 Å². The number of alkyl halides is 3. The van der Waals surface area contributed by atoms with Gasteiger partial charge in [-0.25, -0.2) is 0 Å². The standard InChI is InChI=1S/C16H18F3NO/c1-10-5-12(16(17,18)19)3-4-15(10)11-6-13-8-21-9-14(7-11)20(13)2/h3-6,13-14H,7-9H2,1-2H3. The molecule has 2 heterocycles. The molecule has 1 saturated heterocycles. The van der Waals surface area contributed by atoms with Crippen LogP contribution in [-0.2, 0) is 10.9 Å². The van der Waals surface area contributed by atoms with Crippen molar-refractivity contribution >= 4 is 5.57 Å². The van der Waals surface area contributed by atoms with Crippen LogP contribution in [0.3, 0.4) is 0 Å². The van der Waals surface area contributed by atoms with E-state index >= 15 is 0 Å². The average molecular weight is 297 g/mol. The Hall–Kier alpha value is -1.33. The van der Waals surface area contributed by atoms with E-state index < -0.39 is 11.7 Å². The zero-order chi connectivity index (χ0) is 15.2. The highest BCUT2D eigenvalue weighted by atomic mass is 19.4. The molecule has 0 radical (unpaired) electrons. The maximum atomic E-state index is 12.7. The lowest BCUT2D eigenvalue weighted by Crippen LogP contribution is -2.51. The van der Waals surface area contributed by atoms with Gasteiger partial charge in [-0.2, -0.15) is 13.2 Å². The van der Waals surface area contributed by atoms with Gasteiger partial charge in [0.2, 0.25) is 0 Å². The number of morpholine rings is 1. The second-order valence-corrected chi connectivity index (χ2v) is 5.85. The van der Waals surface area contributed by atoms with Gasteiger partial charge in [0.15, 0.2) is 0 Å². The number of hydrogen-bond donors (Lipinski definition) is 0. The van der Waals surface area contributed by atoms with E-state index in [4.69, 9.17) is 4.74 Å². The lowest BCUT2D eigenvalue weighted by atomic mass is 9.88. The van der Waals surface area contributed by atoms with Crippen LogP contribution in [0.15, 0.2) is 24.3 Å². The summed E-state index contributed by atoms with van der Waals surface area (Å²) in [5.41, 5.74) is 2.16. The fourth-order valence-corrected chi connectivity index (χ4v) is 3.15. The van der Waals surface area contributed by atoms with E-state index in [2.05, 4.69) is 18.0 Å². The molecular weight excluding hydrogens is 279 g/mol. The molecule has 2 aliphatic rings. The first-order valence-corrected chi connectivity index (χ1v) is 7.05. The summed E-state index contributed by atoms with van der Waals surface area (Å²) >= 11 is 0. The quantitative estimate of drug-likeness (QED) is 0.786. The summed E-state index contributed by atoms with van der Waals surface area (Å²) in [5, 5.41) is 0. The minimum atomic E-state index is -4.28. The Bertz CT molecular complexity index is 579. The van der Waals surface area contributed by atoms with Gasteiger partial charge in [0.25, 0.3) is 0 Å². The molecule has 2 unspecified atom stereocenters. The number of aryl methyl sites for hydroxylation is 1. The minimum Gasteiger partial charge on any atom is -0.378 e. The van der Waals surface area contributed by atoms with Crippen molar-refractivity contribution in [1.29, 1.82) is 0 Å². The topological polar surface area (TPSA) is 12.5 Å². The predicted molar refractivity (Wildman–Crippen MR) is 74.9 cm³/mol. The highest BCUT2D eigenvalue weighted by Crippen LogP contribution is 2.36. The molecule has 0 N–H and O–H groups in total. The van der Waals surface area contributed by atoms with Crippen LogP contribution in [0.5, 0.6) is 0 Å². The Labute approximate surface area is 122 Å². The molecular formula is C16H18F3NO. The first-order valence-electron chi connectivity index (χ1n) is 7.05. The predicted octanol–water partition coefficient (Wildman–Crippen LogP) is 3.50. The van der Waals surface area contributed by atoms with Crippen molar-refractivity contribution in [2.45, 2.75) is 31.6 Å². The van der Waals surface area contributed by atoms with Gasteiger partial charge in [-0.3, -0.25) is 4.90 Å². The second-order valence-electron chi connectivity index (χ2n) is 5.85. The van der Waals surface area contributed by atoms with Crippen LogP contribution in [0.2, 0.25) is 0 Å². The Morgan fingerprint density at radius 1 is 1.24 bits per heavy atom. The number of rotatable bonds is 1. The average Bonchev–Trinajstić information content (AvgIpc) is 2.37. The van der Waals surface area contributed by atoms with Crippen molar-refractivity contribution in [2.24, 2.45) is 0 Å². The number of fused-ring (bicyclic) bond motifs is 2. The van der Waals surface area contributed by atoms with E-state index in [1.807, 2.05) is 0 Å². The van der Waals surface area contributed by atoms with E-state index in [0.29, 0.717) is 24.8 Å². The van der Waals surface area contributed by atoms with Crippen molar-refractivity contribution < 1.29 is 17.9 Å². The van der Waals surface area contributed by atoms with Gasteiger partial charge in [-0.1, -0.05) is 12.1 Å². The molecule has 0 spiro atoms. The van der Waals surface area contributed by atoms with E-state index in [1.165, 1.54) is 12.1 Å². The molecule has 0 aliphatic carbocycles. The summed E-state index contributed by atoms with van der Waals surface area (Å²) in [6.45, 7) is 3.08. The second kappa shape index (κ2) is 5.14. The summed E-state index contributed by atoms with van der Waals surface area (Å²) in [5.74, 6) is 0. The largest absolute Gasteiger partial charge is 0.416 e. The molecule has 1 aromatic carbocycles. The highest BCUT2D eigenvalue weighted by molar-refractivity contribution is 5.70. The first-order chi connectivity index (χ1) is 9.86. The van der Waals surface area contributed by atoms with Crippen LogP contribution in [0.4, 0.5) is 13.2 Å². The third-order valence-electron chi connectivity index (χ3n) is 4.45. The summed E-state index contributed by atoms with van der Waals surface area (Å²) in [7, 11) is 2.07. The fraction of sp³-hybridized carbons (Fsp3) is 0.500. The molecule has 0 aromatic heterocycles. The van der Waals surface area contributed by atoms with Crippen molar-refractivity contribution in [3.63, 3.8) is 0 Å². The Kier molecular flexibility index (Phi) is 3.58. The van der Waals surface area contributed by atoms with E-state index in [0.717, 1.165) is 17.6 Å². The molecule has 21 heavy (non-hydrogen) atoms. The van der Waals surface area contributed by atoms with Crippen molar-refractivity contribution in [3.05, 3.63) is 41.0 Å². The SMILES string of the molecule is Cc1cc(C(F)(F)F)ccc1C1=CC2COCC(C1)N2C. The van der Waals surface area contributed by atoms with E-state index in [-0.39, 0.29) is 6.04 Å². The molecule has 0 amide bonds. The Balaban J connectivity index is 1.94. The maximum absolute atomic E-state index is 12.7. The lowest BCUT2D eigenvalue weighted by molar-refractivity contribution is -0.137. The number of halogens is 3. The van der Waals surface area contributed by atoms with Crippen LogP contribution in [0.1, 0.15) is 23.1 Å². The van der Waals surface area contributed by atoms with Crippen LogP contribution in [0.25, 0.3) is 5.57 Å². The van der Waals surface area contributed by atoms with Crippen molar-refractivity contribution in [3.8, 4) is 0 Å². The van der Waals surface area contributed by atoms with Gasteiger partial charge in [0.05, 0.1) is 24.8 Å². The summed E-state index contributed by atoms with van der Waals surface area (Å²) < 4.78 is 43.8. The van der Waals surface area contributed by atoms with Crippen LogP contribution < -0.4 is 0 Å². The molecule has 114 valence electrons. The zero-order valence-electron chi connectivity index (χ0n) is 12.1. The molecule has 1 aromatic rings. The normalized spacial score (nSPS) is 26.6. The van der Waals surface area contributed by atoms with Gasteiger partial charge >= 0.3 is 6.18 Å². The number of likely N-dealkylation sites (N-methyl/N-ethyl adjacent to an activating group) is 1. The number of hydrogen-bond acceptors (Lipinski definition) is 2. The molecule has 3 rings (SSSR count). The summed E-state index contributed by atoms with van der Waals surface area (Å²) in [6.07, 6.45) is -1.33.